The van der Waals surface area contributed by atoms with Crippen LogP contribution in [0.5, 0.6) is 0 Å². The summed E-state index contributed by atoms with van der Waals surface area (Å²) in [6.45, 7) is 1.02. The van der Waals surface area contributed by atoms with Crippen LogP contribution < -0.4 is 11.1 Å². The first-order chi connectivity index (χ1) is 13.0. The molecule has 0 aliphatic heterocycles. The van der Waals surface area contributed by atoms with Crippen LogP contribution in [-0.4, -0.2) is 41.6 Å². The molecule has 1 saturated carbocycles. The van der Waals surface area contributed by atoms with Gasteiger partial charge in [0.1, 0.15) is 5.82 Å². The van der Waals surface area contributed by atoms with E-state index in [9.17, 15) is 9.59 Å². The minimum atomic E-state index is -0.343. The number of carbonyl (C=O) groups excluding carboxylic acids is 2. The van der Waals surface area contributed by atoms with Gasteiger partial charge in [-0.05, 0) is 56.3 Å². The quantitative estimate of drug-likeness (QED) is 0.757. The fourth-order valence-electron chi connectivity index (χ4n) is 3.86. The average Bonchev–Trinajstić information content (AvgIpc) is 3.03. The molecule has 1 aliphatic rings. The first-order valence-electron chi connectivity index (χ1n) is 9.55. The molecule has 0 saturated heterocycles. The Morgan fingerprint density at radius 3 is 2.70 bits per heavy atom. The van der Waals surface area contributed by atoms with Gasteiger partial charge >= 0.3 is 5.97 Å². The molecule has 2 aromatic rings. The van der Waals surface area contributed by atoms with Gasteiger partial charge < -0.3 is 20.4 Å². The number of fused-ring (bicyclic) bond motifs is 1. The zero-order valence-electron chi connectivity index (χ0n) is 16.0. The summed E-state index contributed by atoms with van der Waals surface area (Å²) < 4.78 is 6.71. The van der Waals surface area contributed by atoms with Crippen molar-refractivity contribution in [2.24, 2.45) is 18.7 Å². The highest BCUT2D eigenvalue weighted by Crippen LogP contribution is 2.35. The number of hydrogen-bond acceptors (Lipinski definition) is 5. The van der Waals surface area contributed by atoms with Crippen molar-refractivity contribution in [2.45, 2.75) is 38.0 Å². The molecule has 146 valence electrons. The maximum atomic E-state index is 12.3. The molecule has 3 N–H and O–H groups in total. The summed E-state index contributed by atoms with van der Waals surface area (Å²) in [5.41, 5.74) is 8.20. The maximum Gasteiger partial charge on any atom is 0.307 e. The molecule has 1 heterocycles. The van der Waals surface area contributed by atoms with Gasteiger partial charge in [0.2, 0.25) is 0 Å². The van der Waals surface area contributed by atoms with Gasteiger partial charge in [-0.3, -0.25) is 9.59 Å². The Labute approximate surface area is 159 Å². The van der Waals surface area contributed by atoms with Crippen molar-refractivity contribution < 1.29 is 14.3 Å². The fourth-order valence-corrected chi connectivity index (χ4v) is 3.86. The molecular weight excluding hydrogens is 344 g/mol. The first-order valence-corrected chi connectivity index (χ1v) is 9.55. The lowest BCUT2D eigenvalue weighted by Gasteiger charge is -2.27. The number of rotatable bonds is 6. The number of imidazole rings is 1. The van der Waals surface area contributed by atoms with Crippen LogP contribution in [0.15, 0.2) is 18.2 Å². The van der Waals surface area contributed by atoms with Gasteiger partial charge in [0.05, 0.1) is 24.6 Å². The number of ether oxygens (including phenoxy) is 1. The smallest absolute Gasteiger partial charge is 0.307 e. The molecule has 0 atom stereocenters. The van der Waals surface area contributed by atoms with Crippen LogP contribution in [0.3, 0.4) is 0 Å². The number of amides is 1. The molecule has 1 aromatic carbocycles. The molecule has 1 aromatic heterocycles. The number of esters is 1. The van der Waals surface area contributed by atoms with E-state index >= 15 is 0 Å². The number of nitrogens with one attached hydrogen (secondary N) is 1. The van der Waals surface area contributed by atoms with Crippen molar-refractivity contribution in [3.05, 3.63) is 29.6 Å². The molecule has 3 rings (SSSR count). The van der Waals surface area contributed by atoms with Crippen molar-refractivity contribution in [1.82, 2.24) is 14.9 Å². The summed E-state index contributed by atoms with van der Waals surface area (Å²) in [5.74, 6) is 1.61. The van der Waals surface area contributed by atoms with E-state index in [0.29, 0.717) is 17.4 Å². The number of benzene rings is 1. The monoisotopic (exact) mass is 372 g/mol. The molecule has 0 bridgehead atoms. The zero-order chi connectivity index (χ0) is 19.4. The molecule has 7 nitrogen and oxygen atoms in total. The summed E-state index contributed by atoms with van der Waals surface area (Å²) in [4.78, 5) is 28.3. The second-order valence-electron chi connectivity index (χ2n) is 7.27. The van der Waals surface area contributed by atoms with E-state index < -0.39 is 0 Å². The average molecular weight is 372 g/mol. The lowest BCUT2D eigenvalue weighted by atomic mass is 9.81. The standard InChI is InChI=1S/C20H28N4O3/c1-24-17-8-7-15(20(26)22-10-9-18(25)27-2)11-16(17)23-19(24)14-5-3-13(12-21)4-6-14/h7-8,11,13-14H,3-6,9-10,12,21H2,1-2H3,(H,22,26). The predicted octanol–water partition coefficient (Wildman–Crippen LogP) is 2.10. The van der Waals surface area contributed by atoms with Crippen LogP contribution in [0.25, 0.3) is 11.0 Å². The normalized spacial score (nSPS) is 19.8. The van der Waals surface area contributed by atoms with Crippen molar-refractivity contribution >= 4 is 22.9 Å². The Bertz CT molecular complexity index is 822. The third kappa shape index (κ3) is 4.30. The Kier molecular flexibility index (Phi) is 6.11. The van der Waals surface area contributed by atoms with E-state index in [1.54, 1.807) is 6.07 Å². The van der Waals surface area contributed by atoms with Crippen molar-refractivity contribution in [2.75, 3.05) is 20.2 Å². The molecular formula is C20H28N4O3. The maximum absolute atomic E-state index is 12.3. The van der Waals surface area contributed by atoms with E-state index in [4.69, 9.17) is 10.7 Å². The molecule has 0 radical (unpaired) electrons. The van der Waals surface area contributed by atoms with Crippen LogP contribution in [0.2, 0.25) is 0 Å². The van der Waals surface area contributed by atoms with Gasteiger partial charge in [0, 0.05) is 25.1 Å². The Morgan fingerprint density at radius 2 is 2.04 bits per heavy atom. The summed E-state index contributed by atoms with van der Waals surface area (Å²) in [6.07, 6.45) is 4.68. The first kappa shape index (κ1) is 19.4. The van der Waals surface area contributed by atoms with Crippen LogP contribution in [0, 0.1) is 5.92 Å². The number of carbonyl (C=O) groups is 2. The second kappa shape index (κ2) is 8.52. The number of nitrogens with two attached hydrogens (primary N) is 1. The lowest BCUT2D eigenvalue weighted by Crippen LogP contribution is -2.26. The summed E-state index contributed by atoms with van der Waals surface area (Å²) >= 11 is 0. The van der Waals surface area contributed by atoms with E-state index in [0.717, 1.165) is 49.1 Å². The van der Waals surface area contributed by atoms with Crippen LogP contribution >= 0.6 is 0 Å². The van der Waals surface area contributed by atoms with Crippen LogP contribution in [0.1, 0.15) is 54.2 Å². The topological polar surface area (TPSA) is 99.2 Å². The SMILES string of the molecule is COC(=O)CCNC(=O)c1ccc2c(c1)nc(C1CCC(CN)CC1)n2C. The highest BCUT2D eigenvalue weighted by molar-refractivity contribution is 5.97. The van der Waals surface area contributed by atoms with Gasteiger partial charge in [-0.2, -0.15) is 0 Å². The molecule has 1 fully saturated rings. The number of methoxy groups -OCH3 is 1. The number of aromatic nitrogens is 2. The third-order valence-corrected chi connectivity index (χ3v) is 5.57. The lowest BCUT2D eigenvalue weighted by molar-refractivity contribution is -0.140. The highest BCUT2D eigenvalue weighted by atomic mass is 16.5. The van der Waals surface area contributed by atoms with E-state index in [2.05, 4.69) is 14.6 Å². The molecule has 7 heteroatoms. The molecule has 1 amide bonds. The van der Waals surface area contributed by atoms with Crippen molar-refractivity contribution in [3.8, 4) is 0 Å². The Morgan fingerprint density at radius 1 is 1.30 bits per heavy atom. The summed E-state index contributed by atoms with van der Waals surface area (Å²) in [7, 11) is 3.37. The molecule has 27 heavy (non-hydrogen) atoms. The summed E-state index contributed by atoms with van der Waals surface area (Å²) in [6, 6.07) is 5.55. The largest absolute Gasteiger partial charge is 0.469 e. The van der Waals surface area contributed by atoms with Gasteiger partial charge in [0.25, 0.3) is 5.91 Å². The second-order valence-corrected chi connectivity index (χ2v) is 7.27. The third-order valence-electron chi connectivity index (χ3n) is 5.57. The Balaban J connectivity index is 1.72. The van der Waals surface area contributed by atoms with Crippen LogP contribution in [0.4, 0.5) is 0 Å². The van der Waals surface area contributed by atoms with E-state index in [1.165, 1.54) is 7.11 Å². The van der Waals surface area contributed by atoms with E-state index in [-0.39, 0.29) is 24.8 Å². The van der Waals surface area contributed by atoms with E-state index in [1.807, 2.05) is 19.2 Å². The highest BCUT2D eigenvalue weighted by Gasteiger charge is 2.25. The predicted molar refractivity (Wildman–Crippen MR) is 103 cm³/mol. The Hall–Kier alpha value is -2.41. The van der Waals surface area contributed by atoms with Crippen molar-refractivity contribution in [1.29, 1.82) is 0 Å². The zero-order valence-corrected chi connectivity index (χ0v) is 16.0. The van der Waals surface area contributed by atoms with Gasteiger partial charge in [0.15, 0.2) is 0 Å². The molecule has 1 aliphatic carbocycles. The minimum Gasteiger partial charge on any atom is -0.469 e. The number of nitrogens with zero attached hydrogens (tertiary/aromatic N) is 2. The minimum absolute atomic E-state index is 0.156. The van der Waals surface area contributed by atoms with Crippen molar-refractivity contribution in [3.63, 3.8) is 0 Å². The van der Waals surface area contributed by atoms with Gasteiger partial charge in [-0.25, -0.2) is 4.98 Å². The van der Waals surface area contributed by atoms with Gasteiger partial charge in [-0.1, -0.05) is 0 Å². The summed E-state index contributed by atoms with van der Waals surface area (Å²) in [5, 5.41) is 2.74. The molecule has 0 spiro atoms. The van der Waals surface area contributed by atoms with Crippen LogP contribution in [-0.2, 0) is 16.6 Å². The number of hydrogen-bond donors (Lipinski definition) is 2. The number of aryl methyl sites for hydroxylation is 1. The van der Waals surface area contributed by atoms with Gasteiger partial charge in [-0.15, -0.1) is 0 Å². The fraction of sp³-hybridized carbons (Fsp3) is 0.550. The molecule has 0 unspecified atom stereocenters.